The van der Waals surface area contributed by atoms with Crippen molar-refractivity contribution in [2.24, 2.45) is 5.92 Å². The van der Waals surface area contributed by atoms with E-state index in [1.54, 1.807) is 18.2 Å². The van der Waals surface area contributed by atoms with E-state index in [4.69, 9.17) is 23.2 Å². The third kappa shape index (κ3) is 3.99. The van der Waals surface area contributed by atoms with E-state index in [-0.39, 0.29) is 17.7 Å². The van der Waals surface area contributed by atoms with Crippen molar-refractivity contribution in [2.45, 2.75) is 39.7 Å². The lowest BCUT2D eigenvalue weighted by atomic mass is 9.99. The highest BCUT2D eigenvalue weighted by Crippen LogP contribution is 2.30. The van der Waals surface area contributed by atoms with Crippen LogP contribution in [0.5, 0.6) is 0 Å². The van der Waals surface area contributed by atoms with Gasteiger partial charge < -0.3 is 4.90 Å². The lowest BCUT2D eigenvalue weighted by Gasteiger charge is -2.35. The molecule has 1 fully saturated rings. The molecule has 0 aromatic heterocycles. The van der Waals surface area contributed by atoms with Crippen LogP contribution in [0.3, 0.4) is 0 Å². The molecule has 1 atom stereocenters. The Bertz CT molecular complexity index is 598. The van der Waals surface area contributed by atoms with Gasteiger partial charge in [0.2, 0.25) is 11.8 Å². The van der Waals surface area contributed by atoms with Gasteiger partial charge in [-0.15, -0.1) is 0 Å². The van der Waals surface area contributed by atoms with Gasteiger partial charge in [-0.2, -0.15) is 0 Å². The number of hydrogen-bond acceptors (Lipinski definition) is 2. The summed E-state index contributed by atoms with van der Waals surface area (Å²) in [5.74, 6) is -0.199. The second-order valence-electron chi connectivity index (χ2n) is 6.21. The fraction of sp³-hybridized carbons (Fsp3) is 0.529. The van der Waals surface area contributed by atoms with Crippen molar-refractivity contribution in [3.8, 4) is 0 Å². The Hall–Kier alpha value is -1.26. The van der Waals surface area contributed by atoms with E-state index in [1.165, 1.54) is 11.8 Å². The van der Waals surface area contributed by atoms with Crippen molar-refractivity contribution in [1.29, 1.82) is 0 Å². The van der Waals surface area contributed by atoms with Gasteiger partial charge in [0.1, 0.15) is 6.04 Å². The van der Waals surface area contributed by atoms with Crippen LogP contribution in [0.4, 0.5) is 5.69 Å². The van der Waals surface area contributed by atoms with Gasteiger partial charge in [-0.1, -0.05) is 37.0 Å². The number of nitrogens with zero attached hydrogens (tertiary/aromatic N) is 2. The lowest BCUT2D eigenvalue weighted by molar-refractivity contribution is -0.134. The van der Waals surface area contributed by atoms with Crippen LogP contribution in [-0.4, -0.2) is 35.8 Å². The van der Waals surface area contributed by atoms with Crippen LogP contribution in [0.25, 0.3) is 0 Å². The molecule has 1 saturated heterocycles. The molecule has 1 unspecified atom stereocenters. The summed E-state index contributed by atoms with van der Waals surface area (Å²) in [4.78, 5) is 28.6. The van der Waals surface area contributed by atoms with E-state index in [9.17, 15) is 9.59 Å². The van der Waals surface area contributed by atoms with E-state index in [1.807, 2.05) is 18.7 Å². The van der Waals surface area contributed by atoms with Crippen LogP contribution in [0.15, 0.2) is 18.2 Å². The molecule has 2 rings (SSSR count). The van der Waals surface area contributed by atoms with Gasteiger partial charge in [-0.3, -0.25) is 14.5 Å². The second kappa shape index (κ2) is 7.54. The summed E-state index contributed by atoms with van der Waals surface area (Å²) < 4.78 is 0. The van der Waals surface area contributed by atoms with Crippen LogP contribution in [-0.2, 0) is 9.59 Å². The monoisotopic (exact) mass is 356 g/mol. The predicted octanol–water partition coefficient (Wildman–Crippen LogP) is 3.99. The topological polar surface area (TPSA) is 40.6 Å². The Labute approximate surface area is 147 Å². The number of anilines is 1. The largest absolute Gasteiger partial charge is 0.341 e. The Balaban J connectivity index is 2.40. The highest BCUT2D eigenvalue weighted by molar-refractivity contribution is 6.42. The number of rotatable bonds is 4. The van der Waals surface area contributed by atoms with Crippen LogP contribution in [0.2, 0.25) is 10.0 Å². The number of hydrogen-bond donors (Lipinski definition) is 0. The maximum Gasteiger partial charge on any atom is 0.246 e. The normalized spacial score (nSPS) is 15.8. The number of amides is 2. The van der Waals surface area contributed by atoms with Crippen molar-refractivity contribution >= 4 is 40.7 Å². The molecular weight excluding hydrogens is 335 g/mol. The molecule has 2 amide bonds. The molecule has 0 N–H and O–H groups in total. The van der Waals surface area contributed by atoms with Gasteiger partial charge in [0.25, 0.3) is 0 Å². The third-order valence-electron chi connectivity index (χ3n) is 4.10. The Kier molecular flexibility index (Phi) is 5.93. The minimum absolute atomic E-state index is 0.00114. The fourth-order valence-corrected chi connectivity index (χ4v) is 3.28. The molecule has 4 nitrogen and oxygen atoms in total. The zero-order valence-electron chi connectivity index (χ0n) is 13.7. The van der Waals surface area contributed by atoms with Gasteiger partial charge in [0, 0.05) is 25.7 Å². The Morgan fingerprint density at radius 2 is 1.74 bits per heavy atom. The van der Waals surface area contributed by atoms with Crippen LogP contribution in [0.1, 0.15) is 33.6 Å². The molecule has 1 heterocycles. The van der Waals surface area contributed by atoms with Gasteiger partial charge in [0.15, 0.2) is 0 Å². The van der Waals surface area contributed by atoms with Crippen molar-refractivity contribution in [3.05, 3.63) is 28.2 Å². The molecular formula is C17H22Cl2N2O2. The first-order chi connectivity index (χ1) is 10.8. The van der Waals surface area contributed by atoms with Crippen LogP contribution < -0.4 is 4.90 Å². The van der Waals surface area contributed by atoms with E-state index in [0.717, 1.165) is 25.9 Å². The Morgan fingerprint density at radius 3 is 2.22 bits per heavy atom. The summed E-state index contributed by atoms with van der Waals surface area (Å²) in [5.41, 5.74) is 0.596. The quantitative estimate of drug-likeness (QED) is 0.817. The van der Waals surface area contributed by atoms with Crippen LogP contribution >= 0.6 is 23.2 Å². The second-order valence-corrected chi connectivity index (χ2v) is 7.02. The maximum absolute atomic E-state index is 12.9. The maximum atomic E-state index is 12.9. The Morgan fingerprint density at radius 1 is 1.13 bits per heavy atom. The first kappa shape index (κ1) is 18.1. The highest BCUT2D eigenvalue weighted by atomic mass is 35.5. The minimum atomic E-state index is -0.539. The summed E-state index contributed by atoms with van der Waals surface area (Å²) >= 11 is 12.1. The number of carbonyl (C=O) groups excluding carboxylic acids is 2. The van der Waals surface area contributed by atoms with Crippen molar-refractivity contribution in [2.75, 3.05) is 18.0 Å². The number of carbonyl (C=O) groups is 2. The van der Waals surface area contributed by atoms with E-state index >= 15 is 0 Å². The molecule has 0 spiro atoms. The molecule has 126 valence electrons. The summed E-state index contributed by atoms with van der Waals surface area (Å²) in [6, 6.07) is 4.47. The standard InChI is InChI=1S/C17H22Cl2N2O2/c1-11(2)16(17(23)20-8-4-5-9-20)21(12(3)22)13-6-7-14(18)15(19)10-13/h6-7,10-11,16H,4-5,8-9H2,1-3H3. The van der Waals surface area contributed by atoms with Crippen molar-refractivity contribution in [3.63, 3.8) is 0 Å². The predicted molar refractivity (Wildman–Crippen MR) is 94.1 cm³/mol. The number of likely N-dealkylation sites (tertiary alicyclic amines) is 1. The smallest absolute Gasteiger partial charge is 0.246 e. The molecule has 0 bridgehead atoms. The fourth-order valence-electron chi connectivity index (χ4n) is 2.99. The molecule has 1 aromatic carbocycles. The summed E-state index contributed by atoms with van der Waals surface area (Å²) in [6.45, 7) is 6.89. The first-order valence-corrected chi connectivity index (χ1v) is 8.62. The molecule has 23 heavy (non-hydrogen) atoms. The van der Waals surface area contributed by atoms with Gasteiger partial charge >= 0.3 is 0 Å². The summed E-state index contributed by atoms with van der Waals surface area (Å²) in [6.07, 6.45) is 2.03. The average molecular weight is 357 g/mol. The molecule has 0 saturated carbocycles. The lowest BCUT2D eigenvalue weighted by Crippen LogP contribution is -2.52. The van der Waals surface area contributed by atoms with Gasteiger partial charge in [-0.05, 0) is 37.0 Å². The first-order valence-electron chi connectivity index (χ1n) is 7.86. The van der Waals surface area contributed by atoms with Gasteiger partial charge in [0.05, 0.1) is 10.0 Å². The zero-order valence-corrected chi connectivity index (χ0v) is 15.2. The minimum Gasteiger partial charge on any atom is -0.341 e. The summed E-state index contributed by atoms with van der Waals surface area (Å²) in [5, 5.41) is 0.789. The molecule has 0 radical (unpaired) electrons. The SMILES string of the molecule is CC(=O)N(c1ccc(Cl)c(Cl)c1)C(C(=O)N1CCCC1)C(C)C. The number of benzene rings is 1. The molecule has 1 aliphatic heterocycles. The highest BCUT2D eigenvalue weighted by Gasteiger charge is 2.35. The van der Waals surface area contributed by atoms with Crippen LogP contribution in [0, 0.1) is 5.92 Å². The molecule has 1 aliphatic rings. The number of halogens is 2. The molecule has 0 aliphatic carbocycles. The van der Waals surface area contributed by atoms with E-state index in [2.05, 4.69) is 0 Å². The zero-order chi connectivity index (χ0) is 17.1. The van der Waals surface area contributed by atoms with E-state index < -0.39 is 6.04 Å². The van der Waals surface area contributed by atoms with E-state index in [0.29, 0.717) is 15.7 Å². The van der Waals surface area contributed by atoms with Gasteiger partial charge in [-0.25, -0.2) is 0 Å². The summed E-state index contributed by atoms with van der Waals surface area (Å²) in [7, 11) is 0. The molecule has 1 aromatic rings. The molecule has 6 heteroatoms. The average Bonchev–Trinajstić information content (AvgIpc) is 3.00. The van der Waals surface area contributed by atoms with Crippen molar-refractivity contribution in [1.82, 2.24) is 4.90 Å². The third-order valence-corrected chi connectivity index (χ3v) is 4.84. The van der Waals surface area contributed by atoms with Crippen molar-refractivity contribution < 1.29 is 9.59 Å².